The molecule has 0 bridgehead atoms. The number of imidazole rings is 1. The number of ether oxygens (including phenoxy) is 1. The minimum atomic E-state index is -0.470. The SMILES string of the molecule is CCOC(=O)CNC(=O)c1cn(CCN)cn1. The Morgan fingerprint density at radius 1 is 1.59 bits per heavy atom. The van der Waals surface area contributed by atoms with E-state index in [2.05, 4.69) is 15.0 Å². The van der Waals surface area contributed by atoms with Crippen molar-refractivity contribution in [2.45, 2.75) is 13.5 Å². The van der Waals surface area contributed by atoms with Gasteiger partial charge >= 0.3 is 5.97 Å². The second-order valence-electron chi connectivity index (χ2n) is 3.27. The molecule has 1 heterocycles. The molecule has 7 nitrogen and oxygen atoms in total. The number of esters is 1. The van der Waals surface area contributed by atoms with Crippen LogP contribution in [0.1, 0.15) is 17.4 Å². The molecule has 17 heavy (non-hydrogen) atoms. The molecule has 1 aromatic rings. The zero-order valence-electron chi connectivity index (χ0n) is 9.68. The molecular formula is C10H16N4O3. The van der Waals surface area contributed by atoms with Crippen LogP contribution in [0.4, 0.5) is 0 Å². The van der Waals surface area contributed by atoms with Gasteiger partial charge in [0.2, 0.25) is 0 Å². The van der Waals surface area contributed by atoms with Crippen molar-refractivity contribution in [3.8, 4) is 0 Å². The molecule has 0 atom stereocenters. The highest BCUT2D eigenvalue weighted by atomic mass is 16.5. The van der Waals surface area contributed by atoms with E-state index >= 15 is 0 Å². The van der Waals surface area contributed by atoms with Crippen LogP contribution in [0.2, 0.25) is 0 Å². The van der Waals surface area contributed by atoms with Crippen molar-refractivity contribution in [2.75, 3.05) is 19.7 Å². The minimum Gasteiger partial charge on any atom is -0.465 e. The van der Waals surface area contributed by atoms with Gasteiger partial charge in [-0.15, -0.1) is 0 Å². The first kappa shape index (κ1) is 13.2. The summed E-state index contributed by atoms with van der Waals surface area (Å²) >= 11 is 0. The molecule has 1 rings (SSSR count). The average molecular weight is 240 g/mol. The second-order valence-corrected chi connectivity index (χ2v) is 3.27. The van der Waals surface area contributed by atoms with Crippen LogP contribution >= 0.6 is 0 Å². The van der Waals surface area contributed by atoms with Crippen LogP contribution in [0.15, 0.2) is 12.5 Å². The highest BCUT2D eigenvalue weighted by Crippen LogP contribution is 1.95. The van der Waals surface area contributed by atoms with Crippen LogP contribution in [0.3, 0.4) is 0 Å². The van der Waals surface area contributed by atoms with Gasteiger partial charge in [-0.1, -0.05) is 0 Å². The quantitative estimate of drug-likeness (QED) is 0.630. The maximum Gasteiger partial charge on any atom is 0.325 e. The molecule has 0 aromatic carbocycles. The smallest absolute Gasteiger partial charge is 0.325 e. The molecule has 0 saturated carbocycles. The lowest BCUT2D eigenvalue weighted by Gasteiger charge is -2.02. The molecule has 1 aromatic heterocycles. The van der Waals surface area contributed by atoms with Crippen LogP contribution in [-0.2, 0) is 16.1 Å². The van der Waals surface area contributed by atoms with E-state index in [-0.39, 0.29) is 12.2 Å². The summed E-state index contributed by atoms with van der Waals surface area (Å²) in [6, 6.07) is 0. The first-order valence-corrected chi connectivity index (χ1v) is 5.33. The summed E-state index contributed by atoms with van der Waals surface area (Å²) < 4.78 is 6.38. The van der Waals surface area contributed by atoms with Gasteiger partial charge in [0.25, 0.3) is 5.91 Å². The van der Waals surface area contributed by atoms with Gasteiger partial charge in [0, 0.05) is 19.3 Å². The van der Waals surface area contributed by atoms with Gasteiger partial charge in [-0.2, -0.15) is 0 Å². The summed E-state index contributed by atoms with van der Waals surface area (Å²) in [6.45, 7) is 2.91. The molecule has 7 heteroatoms. The van der Waals surface area contributed by atoms with Crippen molar-refractivity contribution >= 4 is 11.9 Å². The lowest BCUT2D eigenvalue weighted by atomic mass is 10.4. The number of nitrogens with zero attached hydrogens (tertiary/aromatic N) is 2. The number of aromatic nitrogens is 2. The normalized spacial score (nSPS) is 10.0. The first-order chi connectivity index (χ1) is 8.17. The molecule has 94 valence electrons. The fourth-order valence-electron chi connectivity index (χ4n) is 1.20. The Morgan fingerprint density at radius 3 is 3.00 bits per heavy atom. The Labute approximate surface area is 99.0 Å². The summed E-state index contributed by atoms with van der Waals surface area (Å²) in [5.41, 5.74) is 5.62. The third-order valence-corrected chi connectivity index (χ3v) is 1.95. The molecule has 1 amide bonds. The van der Waals surface area contributed by atoms with Crippen LogP contribution in [0.5, 0.6) is 0 Å². The van der Waals surface area contributed by atoms with Crippen molar-refractivity contribution in [3.05, 3.63) is 18.2 Å². The van der Waals surface area contributed by atoms with Crippen LogP contribution in [0, 0.1) is 0 Å². The lowest BCUT2D eigenvalue weighted by molar-refractivity contribution is -0.141. The predicted octanol–water partition coefficient (Wildman–Crippen LogP) is -0.865. The second kappa shape index (κ2) is 6.64. The average Bonchev–Trinajstić information content (AvgIpc) is 2.75. The maximum atomic E-state index is 11.5. The van der Waals surface area contributed by atoms with E-state index in [0.29, 0.717) is 19.7 Å². The zero-order valence-corrected chi connectivity index (χ0v) is 9.68. The Bertz CT molecular complexity index is 389. The fourth-order valence-corrected chi connectivity index (χ4v) is 1.20. The number of hydrogen-bond donors (Lipinski definition) is 2. The summed E-state index contributed by atoms with van der Waals surface area (Å²) in [4.78, 5) is 26.5. The van der Waals surface area contributed by atoms with E-state index in [9.17, 15) is 9.59 Å². The van der Waals surface area contributed by atoms with Crippen molar-refractivity contribution in [2.24, 2.45) is 5.73 Å². The number of carbonyl (C=O) groups excluding carboxylic acids is 2. The molecule has 0 spiro atoms. The summed E-state index contributed by atoms with van der Waals surface area (Å²) in [5.74, 6) is -0.879. The number of amides is 1. The summed E-state index contributed by atoms with van der Waals surface area (Å²) in [5, 5.41) is 2.42. The Morgan fingerprint density at radius 2 is 2.35 bits per heavy atom. The summed E-state index contributed by atoms with van der Waals surface area (Å²) in [6.07, 6.45) is 3.10. The third kappa shape index (κ3) is 4.23. The van der Waals surface area contributed by atoms with Gasteiger partial charge in [-0.25, -0.2) is 4.98 Å². The number of carbonyl (C=O) groups is 2. The van der Waals surface area contributed by atoms with Crippen molar-refractivity contribution in [1.82, 2.24) is 14.9 Å². The van der Waals surface area contributed by atoms with Gasteiger partial charge < -0.3 is 20.4 Å². The van der Waals surface area contributed by atoms with E-state index < -0.39 is 11.9 Å². The zero-order chi connectivity index (χ0) is 12.7. The Hall–Kier alpha value is -1.89. The van der Waals surface area contributed by atoms with Crippen molar-refractivity contribution < 1.29 is 14.3 Å². The van der Waals surface area contributed by atoms with Gasteiger partial charge in [0.1, 0.15) is 12.2 Å². The molecule has 0 aliphatic carbocycles. The molecule has 3 N–H and O–H groups in total. The molecule has 0 saturated heterocycles. The van der Waals surface area contributed by atoms with Gasteiger partial charge in [-0.3, -0.25) is 9.59 Å². The van der Waals surface area contributed by atoms with Gasteiger partial charge in [-0.05, 0) is 6.92 Å². The Balaban J connectivity index is 2.43. The summed E-state index contributed by atoms with van der Waals surface area (Å²) in [7, 11) is 0. The van der Waals surface area contributed by atoms with Crippen LogP contribution in [0.25, 0.3) is 0 Å². The molecule has 0 fully saturated rings. The van der Waals surface area contributed by atoms with Crippen molar-refractivity contribution in [3.63, 3.8) is 0 Å². The highest BCUT2D eigenvalue weighted by molar-refractivity contribution is 5.93. The van der Waals surface area contributed by atoms with Gasteiger partial charge in [0.05, 0.1) is 12.9 Å². The molecule has 0 radical (unpaired) electrons. The van der Waals surface area contributed by atoms with Gasteiger partial charge in [0.15, 0.2) is 0 Å². The van der Waals surface area contributed by atoms with Crippen molar-refractivity contribution in [1.29, 1.82) is 0 Å². The lowest BCUT2D eigenvalue weighted by Crippen LogP contribution is -2.30. The predicted molar refractivity (Wildman–Crippen MR) is 60.2 cm³/mol. The Kier molecular flexibility index (Phi) is 5.15. The molecule has 0 unspecified atom stereocenters. The first-order valence-electron chi connectivity index (χ1n) is 5.33. The number of rotatable bonds is 6. The standard InChI is InChI=1S/C10H16N4O3/c1-2-17-9(15)5-12-10(16)8-6-14(4-3-11)7-13-8/h6-7H,2-5,11H2,1H3,(H,12,16). The monoisotopic (exact) mass is 240 g/mol. The van der Waals surface area contributed by atoms with E-state index in [1.165, 1.54) is 6.33 Å². The van der Waals surface area contributed by atoms with E-state index in [1.807, 2.05) is 0 Å². The number of nitrogens with two attached hydrogens (primary N) is 1. The molecule has 0 aliphatic heterocycles. The highest BCUT2D eigenvalue weighted by Gasteiger charge is 2.10. The fraction of sp³-hybridized carbons (Fsp3) is 0.500. The topological polar surface area (TPSA) is 99.2 Å². The van der Waals surface area contributed by atoms with Crippen LogP contribution < -0.4 is 11.1 Å². The van der Waals surface area contributed by atoms with E-state index in [0.717, 1.165) is 0 Å². The number of hydrogen-bond acceptors (Lipinski definition) is 5. The molecular weight excluding hydrogens is 224 g/mol. The molecule has 0 aliphatic rings. The largest absolute Gasteiger partial charge is 0.465 e. The van der Waals surface area contributed by atoms with E-state index in [1.54, 1.807) is 17.7 Å². The minimum absolute atomic E-state index is 0.156. The van der Waals surface area contributed by atoms with Crippen LogP contribution in [-0.4, -0.2) is 41.1 Å². The van der Waals surface area contributed by atoms with E-state index in [4.69, 9.17) is 5.73 Å². The number of nitrogens with one attached hydrogen (secondary N) is 1. The maximum absolute atomic E-state index is 11.5. The third-order valence-electron chi connectivity index (χ3n) is 1.95.